The summed E-state index contributed by atoms with van der Waals surface area (Å²) >= 11 is 0. The van der Waals surface area contributed by atoms with Crippen molar-refractivity contribution in [3.63, 3.8) is 0 Å². The maximum Gasteiger partial charge on any atom is 0.323 e. The molecule has 0 aromatic rings. The topological polar surface area (TPSA) is 38.3 Å². The molecule has 1 aliphatic heterocycles. The second kappa shape index (κ2) is 2.82. The van der Waals surface area contributed by atoms with E-state index in [4.69, 9.17) is 4.74 Å². The van der Waals surface area contributed by atoms with Gasteiger partial charge in [-0.15, -0.1) is 0 Å². The van der Waals surface area contributed by atoms with E-state index in [0.29, 0.717) is 6.61 Å². The van der Waals surface area contributed by atoms with E-state index in [1.165, 1.54) is 0 Å². The van der Waals surface area contributed by atoms with Crippen LogP contribution in [-0.4, -0.2) is 25.2 Å². The number of rotatable bonds is 2. The highest BCUT2D eigenvalue weighted by Crippen LogP contribution is 2.02. The van der Waals surface area contributed by atoms with Crippen LogP contribution < -0.4 is 5.32 Å². The van der Waals surface area contributed by atoms with Crippen molar-refractivity contribution in [1.82, 2.24) is 5.32 Å². The summed E-state index contributed by atoms with van der Waals surface area (Å²) in [5.74, 6) is -0.108. The van der Waals surface area contributed by atoms with Crippen LogP contribution in [0.25, 0.3) is 0 Å². The van der Waals surface area contributed by atoms with Crippen molar-refractivity contribution in [3.8, 4) is 0 Å². The molecule has 1 N–H and O–H groups in total. The summed E-state index contributed by atoms with van der Waals surface area (Å²) in [6.07, 6.45) is 0.929. The predicted octanol–water partition coefficient (Wildman–Crippen LogP) is -0.0886. The molecule has 1 saturated heterocycles. The van der Waals surface area contributed by atoms with Crippen LogP contribution in [0, 0.1) is 0 Å². The lowest BCUT2D eigenvalue weighted by molar-refractivity contribution is -0.147. The van der Waals surface area contributed by atoms with Crippen molar-refractivity contribution < 1.29 is 9.53 Å². The third-order valence-corrected chi connectivity index (χ3v) is 1.39. The lowest BCUT2D eigenvalue weighted by Gasteiger charge is -2.24. The SMILES string of the molecule is CCOC(=O)C1CCN1. The molecule has 0 amide bonds. The zero-order valence-electron chi connectivity index (χ0n) is 5.52. The zero-order chi connectivity index (χ0) is 6.69. The standard InChI is InChI=1S/C6H11NO2/c1-2-9-6(8)5-3-4-7-5/h5,7H,2-4H2,1H3. The van der Waals surface area contributed by atoms with Gasteiger partial charge in [-0.2, -0.15) is 0 Å². The van der Waals surface area contributed by atoms with E-state index in [0.717, 1.165) is 13.0 Å². The van der Waals surface area contributed by atoms with E-state index in [1.54, 1.807) is 0 Å². The summed E-state index contributed by atoms with van der Waals surface area (Å²) in [4.78, 5) is 10.7. The van der Waals surface area contributed by atoms with Gasteiger partial charge in [-0.1, -0.05) is 0 Å². The summed E-state index contributed by atoms with van der Waals surface area (Å²) in [5.41, 5.74) is 0. The molecular weight excluding hydrogens is 118 g/mol. The Morgan fingerprint density at radius 3 is 2.89 bits per heavy atom. The van der Waals surface area contributed by atoms with Crippen LogP contribution in [0.3, 0.4) is 0 Å². The third kappa shape index (κ3) is 1.42. The summed E-state index contributed by atoms with van der Waals surface area (Å²) in [7, 11) is 0. The molecule has 0 aromatic heterocycles. The van der Waals surface area contributed by atoms with Gasteiger partial charge in [0.2, 0.25) is 0 Å². The quantitative estimate of drug-likeness (QED) is 0.529. The Morgan fingerprint density at radius 1 is 1.89 bits per heavy atom. The van der Waals surface area contributed by atoms with E-state index < -0.39 is 0 Å². The molecule has 1 aliphatic rings. The van der Waals surface area contributed by atoms with Crippen molar-refractivity contribution >= 4 is 5.97 Å². The predicted molar refractivity (Wildman–Crippen MR) is 33.0 cm³/mol. The smallest absolute Gasteiger partial charge is 0.323 e. The first-order chi connectivity index (χ1) is 4.34. The molecule has 0 saturated carbocycles. The zero-order valence-corrected chi connectivity index (χ0v) is 5.52. The molecule has 9 heavy (non-hydrogen) atoms. The fourth-order valence-electron chi connectivity index (χ4n) is 0.733. The molecule has 1 unspecified atom stereocenters. The van der Waals surface area contributed by atoms with E-state index in [-0.39, 0.29) is 12.0 Å². The highest BCUT2D eigenvalue weighted by Gasteiger charge is 2.25. The molecule has 1 fully saturated rings. The van der Waals surface area contributed by atoms with Crippen LogP contribution in [0.2, 0.25) is 0 Å². The van der Waals surface area contributed by atoms with Crippen molar-refractivity contribution in [1.29, 1.82) is 0 Å². The lowest BCUT2D eigenvalue weighted by atomic mass is 10.1. The monoisotopic (exact) mass is 129 g/mol. The molecule has 1 atom stereocenters. The summed E-state index contributed by atoms with van der Waals surface area (Å²) in [5, 5.41) is 2.96. The van der Waals surface area contributed by atoms with Gasteiger partial charge in [-0.05, 0) is 19.9 Å². The maximum absolute atomic E-state index is 10.7. The normalized spacial score (nSPS) is 24.8. The Balaban J connectivity index is 2.16. The van der Waals surface area contributed by atoms with Crippen molar-refractivity contribution in [2.45, 2.75) is 19.4 Å². The largest absolute Gasteiger partial charge is 0.465 e. The van der Waals surface area contributed by atoms with Crippen LogP contribution >= 0.6 is 0 Å². The average Bonchev–Trinajstić information content (AvgIpc) is 1.60. The van der Waals surface area contributed by atoms with Crippen LogP contribution in [0.5, 0.6) is 0 Å². The minimum Gasteiger partial charge on any atom is -0.465 e. The molecule has 0 radical (unpaired) electrons. The number of hydrogen-bond acceptors (Lipinski definition) is 3. The van der Waals surface area contributed by atoms with Crippen LogP contribution in [-0.2, 0) is 9.53 Å². The summed E-state index contributed by atoms with van der Waals surface area (Å²) in [6, 6.07) is -0.00931. The molecule has 0 bridgehead atoms. The second-order valence-electron chi connectivity index (χ2n) is 2.05. The third-order valence-electron chi connectivity index (χ3n) is 1.39. The molecule has 3 heteroatoms. The van der Waals surface area contributed by atoms with E-state index in [9.17, 15) is 4.79 Å². The molecule has 0 aliphatic carbocycles. The molecular formula is C6H11NO2. The fraction of sp³-hybridized carbons (Fsp3) is 0.833. The Bertz CT molecular complexity index is 110. The van der Waals surface area contributed by atoms with Gasteiger partial charge in [0.05, 0.1) is 6.61 Å². The van der Waals surface area contributed by atoms with Crippen molar-refractivity contribution in [3.05, 3.63) is 0 Å². The highest BCUT2D eigenvalue weighted by molar-refractivity contribution is 5.76. The van der Waals surface area contributed by atoms with Gasteiger partial charge >= 0.3 is 5.97 Å². The molecule has 3 nitrogen and oxygen atoms in total. The van der Waals surface area contributed by atoms with Gasteiger partial charge in [-0.3, -0.25) is 4.79 Å². The Labute approximate surface area is 54.4 Å². The van der Waals surface area contributed by atoms with Crippen molar-refractivity contribution in [2.24, 2.45) is 0 Å². The van der Waals surface area contributed by atoms with E-state index in [2.05, 4.69) is 5.32 Å². The van der Waals surface area contributed by atoms with Crippen LogP contribution in [0.1, 0.15) is 13.3 Å². The molecule has 1 rings (SSSR count). The number of esters is 1. The summed E-state index contributed by atoms with van der Waals surface area (Å²) < 4.78 is 4.74. The van der Waals surface area contributed by atoms with Gasteiger partial charge in [0, 0.05) is 0 Å². The minimum atomic E-state index is -0.108. The first-order valence-electron chi connectivity index (χ1n) is 3.24. The van der Waals surface area contributed by atoms with Crippen LogP contribution in [0.4, 0.5) is 0 Å². The fourth-order valence-corrected chi connectivity index (χ4v) is 0.733. The second-order valence-corrected chi connectivity index (χ2v) is 2.05. The van der Waals surface area contributed by atoms with E-state index >= 15 is 0 Å². The van der Waals surface area contributed by atoms with Gasteiger partial charge in [0.15, 0.2) is 0 Å². The Kier molecular flexibility index (Phi) is 2.05. The number of nitrogens with one attached hydrogen (secondary N) is 1. The number of ether oxygens (including phenoxy) is 1. The molecule has 0 spiro atoms. The lowest BCUT2D eigenvalue weighted by Crippen LogP contribution is -2.49. The van der Waals surface area contributed by atoms with Crippen LogP contribution in [0.15, 0.2) is 0 Å². The summed E-state index contributed by atoms with van der Waals surface area (Å²) in [6.45, 7) is 3.25. The number of carbonyl (C=O) groups excluding carboxylic acids is 1. The highest BCUT2D eigenvalue weighted by atomic mass is 16.5. The van der Waals surface area contributed by atoms with Gasteiger partial charge in [0.1, 0.15) is 6.04 Å². The maximum atomic E-state index is 10.7. The van der Waals surface area contributed by atoms with Crippen molar-refractivity contribution in [2.75, 3.05) is 13.2 Å². The minimum absolute atomic E-state index is 0.00931. The Morgan fingerprint density at radius 2 is 2.56 bits per heavy atom. The number of carbonyl (C=O) groups is 1. The molecule has 1 heterocycles. The van der Waals surface area contributed by atoms with Gasteiger partial charge in [0.25, 0.3) is 0 Å². The molecule has 0 aromatic carbocycles. The number of hydrogen-bond donors (Lipinski definition) is 1. The van der Waals surface area contributed by atoms with E-state index in [1.807, 2.05) is 6.92 Å². The van der Waals surface area contributed by atoms with Gasteiger partial charge in [-0.25, -0.2) is 0 Å². The first-order valence-corrected chi connectivity index (χ1v) is 3.24. The average molecular weight is 129 g/mol. The van der Waals surface area contributed by atoms with Gasteiger partial charge < -0.3 is 10.1 Å². The Hall–Kier alpha value is -0.570. The first kappa shape index (κ1) is 6.55. The molecule has 52 valence electrons.